The lowest BCUT2D eigenvalue weighted by Gasteiger charge is -2.65. The molecule has 1 amide bonds. The molecule has 1 N–H and O–H groups in total. The number of carbonyl (C=O) groups excluding carboxylic acids is 1. The topological polar surface area (TPSA) is 29.1 Å². The maximum atomic E-state index is 11.3. The first-order valence-corrected chi connectivity index (χ1v) is 6.90. The predicted octanol–water partition coefficient (Wildman–Crippen LogP) is 2.48. The molecule has 5 fully saturated rings. The molecule has 4 bridgehead atoms. The number of β-lactam (4-membered cyclic amide) rings is 1. The zero-order chi connectivity index (χ0) is 11.0. The third-order valence-electron chi connectivity index (χ3n) is 6.14. The van der Waals surface area contributed by atoms with Gasteiger partial charge in [-0.25, -0.2) is 0 Å². The minimum absolute atomic E-state index is 0.153. The van der Waals surface area contributed by atoms with Gasteiger partial charge < -0.3 is 5.32 Å². The number of carbonyl (C=O) groups is 1. The van der Waals surface area contributed by atoms with E-state index in [1.54, 1.807) is 0 Å². The highest BCUT2D eigenvalue weighted by molar-refractivity contribution is 5.85. The van der Waals surface area contributed by atoms with Gasteiger partial charge in [0, 0.05) is 6.42 Å². The van der Waals surface area contributed by atoms with Crippen molar-refractivity contribution in [3.8, 4) is 0 Å². The van der Waals surface area contributed by atoms with Gasteiger partial charge in [-0.1, -0.05) is 0 Å². The second kappa shape index (κ2) is 2.65. The van der Waals surface area contributed by atoms with Gasteiger partial charge in [0.1, 0.15) is 0 Å². The summed E-state index contributed by atoms with van der Waals surface area (Å²) in [6, 6.07) is 0. The molecule has 4 saturated carbocycles. The van der Waals surface area contributed by atoms with E-state index in [-0.39, 0.29) is 11.4 Å². The highest BCUT2D eigenvalue weighted by Crippen LogP contribution is 2.65. The van der Waals surface area contributed by atoms with Crippen molar-refractivity contribution in [2.45, 2.75) is 57.4 Å². The summed E-state index contributed by atoms with van der Waals surface area (Å²) in [6.07, 6.45) is 9.45. The van der Waals surface area contributed by atoms with Gasteiger partial charge in [0.2, 0.25) is 5.91 Å². The maximum absolute atomic E-state index is 11.3. The van der Waals surface area contributed by atoms with Crippen LogP contribution in [0.15, 0.2) is 0 Å². The van der Waals surface area contributed by atoms with Gasteiger partial charge in [-0.2, -0.15) is 0 Å². The van der Waals surface area contributed by atoms with Crippen molar-refractivity contribution >= 4 is 5.91 Å². The molecule has 16 heavy (non-hydrogen) atoms. The van der Waals surface area contributed by atoms with E-state index < -0.39 is 0 Å². The highest BCUT2D eigenvalue weighted by Gasteiger charge is 2.62. The zero-order valence-electron chi connectivity index (χ0n) is 10.1. The lowest BCUT2D eigenvalue weighted by molar-refractivity contribution is -0.156. The fourth-order valence-corrected chi connectivity index (χ4v) is 5.72. The van der Waals surface area contributed by atoms with Crippen LogP contribution in [-0.2, 0) is 4.79 Å². The normalized spacial score (nSPS) is 58.3. The van der Waals surface area contributed by atoms with Crippen molar-refractivity contribution in [2.75, 3.05) is 0 Å². The van der Waals surface area contributed by atoms with E-state index in [1.165, 1.54) is 38.5 Å². The van der Waals surface area contributed by atoms with E-state index in [0.29, 0.717) is 5.41 Å². The Morgan fingerprint density at radius 1 is 1.06 bits per heavy atom. The summed E-state index contributed by atoms with van der Waals surface area (Å²) in [4.78, 5) is 11.3. The Bertz CT molecular complexity index is 316. The molecule has 1 aliphatic heterocycles. The fourth-order valence-electron chi connectivity index (χ4n) is 5.72. The van der Waals surface area contributed by atoms with E-state index >= 15 is 0 Å². The Hall–Kier alpha value is -0.530. The van der Waals surface area contributed by atoms with Gasteiger partial charge >= 0.3 is 0 Å². The molecule has 4 aliphatic carbocycles. The quantitative estimate of drug-likeness (QED) is 0.674. The van der Waals surface area contributed by atoms with Crippen LogP contribution in [0.5, 0.6) is 0 Å². The molecule has 1 atom stereocenters. The van der Waals surface area contributed by atoms with Crippen LogP contribution < -0.4 is 5.32 Å². The van der Waals surface area contributed by atoms with Gasteiger partial charge in [-0.3, -0.25) is 4.79 Å². The van der Waals surface area contributed by atoms with Gasteiger partial charge in [0.25, 0.3) is 0 Å². The van der Waals surface area contributed by atoms with E-state index in [2.05, 4.69) is 12.2 Å². The van der Waals surface area contributed by atoms with E-state index in [9.17, 15) is 4.79 Å². The number of nitrogens with one attached hydrogen (secondary N) is 1. The summed E-state index contributed by atoms with van der Waals surface area (Å²) in [6.45, 7) is 2.31. The van der Waals surface area contributed by atoms with Crippen LogP contribution >= 0.6 is 0 Å². The average Bonchev–Trinajstić information content (AvgIpc) is 2.12. The van der Waals surface area contributed by atoms with Crippen molar-refractivity contribution in [2.24, 2.45) is 23.2 Å². The second-order valence-corrected chi connectivity index (χ2v) is 7.25. The van der Waals surface area contributed by atoms with Crippen LogP contribution in [0.3, 0.4) is 0 Å². The van der Waals surface area contributed by atoms with Gasteiger partial charge in [-0.05, 0) is 68.6 Å². The van der Waals surface area contributed by atoms with Crippen LogP contribution in [0.2, 0.25) is 0 Å². The van der Waals surface area contributed by atoms with Gasteiger partial charge in [0.05, 0.1) is 5.54 Å². The Kier molecular flexibility index (Phi) is 1.57. The molecule has 1 saturated heterocycles. The first-order valence-electron chi connectivity index (χ1n) is 6.90. The van der Waals surface area contributed by atoms with Crippen LogP contribution in [0.25, 0.3) is 0 Å². The third-order valence-corrected chi connectivity index (χ3v) is 6.14. The van der Waals surface area contributed by atoms with Gasteiger partial charge in [0.15, 0.2) is 0 Å². The minimum Gasteiger partial charge on any atom is -0.350 e. The summed E-state index contributed by atoms with van der Waals surface area (Å²) < 4.78 is 0. The summed E-state index contributed by atoms with van der Waals surface area (Å²) in [7, 11) is 0. The molecule has 0 aromatic carbocycles. The molecule has 0 radical (unpaired) electrons. The molecule has 2 nitrogen and oxygen atoms in total. The van der Waals surface area contributed by atoms with Crippen molar-refractivity contribution in [1.29, 1.82) is 0 Å². The van der Waals surface area contributed by atoms with Crippen LogP contribution in [0, 0.1) is 23.2 Å². The molecule has 2 heteroatoms. The van der Waals surface area contributed by atoms with Crippen molar-refractivity contribution in [3.63, 3.8) is 0 Å². The summed E-state index contributed by atoms with van der Waals surface area (Å²) in [5.74, 6) is 3.24. The molecule has 5 rings (SSSR count). The Morgan fingerprint density at radius 3 is 1.88 bits per heavy atom. The van der Waals surface area contributed by atoms with Crippen LogP contribution in [0.1, 0.15) is 51.9 Å². The van der Waals surface area contributed by atoms with Gasteiger partial charge in [-0.15, -0.1) is 0 Å². The Morgan fingerprint density at radius 2 is 1.50 bits per heavy atom. The number of hydrogen-bond donors (Lipinski definition) is 1. The monoisotopic (exact) mass is 219 g/mol. The van der Waals surface area contributed by atoms with E-state index in [0.717, 1.165) is 24.2 Å². The van der Waals surface area contributed by atoms with Crippen molar-refractivity contribution < 1.29 is 4.79 Å². The summed E-state index contributed by atoms with van der Waals surface area (Å²) >= 11 is 0. The lowest BCUT2D eigenvalue weighted by Crippen LogP contribution is -2.71. The standard InChI is InChI=1S/C14H21NO/c1-13(8-12(16)15-13)14-5-9-2-10(6-14)4-11(3-9)7-14/h9-11H,2-8H2,1H3,(H,15,16). The highest BCUT2D eigenvalue weighted by atomic mass is 16.2. The molecule has 5 aliphatic rings. The molecule has 1 unspecified atom stereocenters. The molecule has 88 valence electrons. The predicted molar refractivity (Wildman–Crippen MR) is 61.8 cm³/mol. The average molecular weight is 219 g/mol. The fraction of sp³-hybridized carbons (Fsp3) is 0.929. The van der Waals surface area contributed by atoms with E-state index in [1.807, 2.05) is 0 Å². The molecular formula is C14H21NO. The maximum Gasteiger partial charge on any atom is 0.222 e. The lowest BCUT2D eigenvalue weighted by atomic mass is 9.43. The smallest absolute Gasteiger partial charge is 0.222 e. The van der Waals surface area contributed by atoms with Crippen molar-refractivity contribution in [1.82, 2.24) is 5.32 Å². The molecular weight excluding hydrogens is 198 g/mol. The van der Waals surface area contributed by atoms with E-state index in [4.69, 9.17) is 0 Å². The molecule has 0 spiro atoms. The number of rotatable bonds is 1. The number of hydrogen-bond acceptors (Lipinski definition) is 1. The number of amides is 1. The zero-order valence-corrected chi connectivity index (χ0v) is 10.1. The van der Waals surface area contributed by atoms with Crippen LogP contribution in [0.4, 0.5) is 0 Å². The first kappa shape index (κ1) is 9.49. The Labute approximate surface area is 97.2 Å². The Balaban J connectivity index is 1.69. The van der Waals surface area contributed by atoms with Crippen LogP contribution in [-0.4, -0.2) is 11.4 Å². The summed E-state index contributed by atoms with van der Waals surface area (Å²) in [5, 5.41) is 3.24. The van der Waals surface area contributed by atoms with Crippen molar-refractivity contribution in [3.05, 3.63) is 0 Å². The molecule has 0 aromatic rings. The molecule has 1 heterocycles. The minimum atomic E-state index is 0.153. The third kappa shape index (κ3) is 1.01. The first-order chi connectivity index (χ1) is 7.59. The molecule has 0 aromatic heterocycles. The summed E-state index contributed by atoms with van der Waals surface area (Å²) in [5.41, 5.74) is 0.635. The SMILES string of the molecule is CC1(C23CC4CC(CC(C4)C2)C3)CC(=O)N1. The second-order valence-electron chi connectivity index (χ2n) is 7.25. The largest absolute Gasteiger partial charge is 0.350 e.